The fraction of sp³-hybridized carbons (Fsp3) is 0.125. The number of thiol groups is 1. The third kappa shape index (κ3) is 3.71. The van der Waals surface area contributed by atoms with Gasteiger partial charge in [-0.2, -0.15) is 12.6 Å². The van der Waals surface area contributed by atoms with E-state index in [1.54, 1.807) is 18.2 Å². The molecule has 108 valence electrons. The SMILES string of the molecule is O=C(CS)Cc1ccc(Cl)cc1C(=O)c1ccccc1F. The Kier molecular flexibility index (Phi) is 5.15. The number of ketones is 2. The smallest absolute Gasteiger partial charge is 0.196 e. The maximum Gasteiger partial charge on any atom is 0.196 e. The fourth-order valence-electron chi connectivity index (χ4n) is 1.97. The first-order valence-electron chi connectivity index (χ1n) is 6.23. The average molecular weight is 323 g/mol. The minimum atomic E-state index is -0.603. The summed E-state index contributed by atoms with van der Waals surface area (Å²) in [6.07, 6.45) is 0.0657. The maximum atomic E-state index is 13.8. The number of carbonyl (C=O) groups excluding carboxylic acids is 2. The van der Waals surface area contributed by atoms with Crippen LogP contribution in [0.4, 0.5) is 4.39 Å². The second kappa shape index (κ2) is 6.87. The van der Waals surface area contributed by atoms with Crippen LogP contribution in [0.2, 0.25) is 5.02 Å². The molecule has 0 saturated carbocycles. The molecule has 0 amide bonds. The van der Waals surface area contributed by atoms with Crippen LogP contribution in [0.3, 0.4) is 0 Å². The Morgan fingerprint density at radius 3 is 2.48 bits per heavy atom. The van der Waals surface area contributed by atoms with E-state index in [1.807, 2.05) is 0 Å². The summed E-state index contributed by atoms with van der Waals surface area (Å²) in [6, 6.07) is 10.4. The molecule has 0 bridgehead atoms. The third-order valence-electron chi connectivity index (χ3n) is 3.00. The van der Waals surface area contributed by atoms with Gasteiger partial charge in [-0.25, -0.2) is 4.39 Å². The molecule has 5 heteroatoms. The number of hydrogen-bond donors (Lipinski definition) is 1. The zero-order valence-electron chi connectivity index (χ0n) is 11.0. The van der Waals surface area contributed by atoms with Gasteiger partial charge in [0.1, 0.15) is 11.6 Å². The molecule has 0 unspecified atom stereocenters. The monoisotopic (exact) mass is 322 g/mol. The Hall–Kier alpha value is -1.65. The van der Waals surface area contributed by atoms with Crippen LogP contribution in [-0.2, 0) is 11.2 Å². The summed E-state index contributed by atoms with van der Waals surface area (Å²) in [5.74, 6) is -1.13. The molecule has 0 fully saturated rings. The lowest BCUT2D eigenvalue weighted by molar-refractivity contribution is -0.115. The molecule has 0 heterocycles. The second-order valence-electron chi connectivity index (χ2n) is 4.48. The predicted octanol–water partition coefficient (Wildman–Crippen LogP) is 3.75. The van der Waals surface area contributed by atoms with Gasteiger partial charge in [0.05, 0.1) is 5.56 Å². The van der Waals surface area contributed by atoms with E-state index >= 15 is 0 Å². The van der Waals surface area contributed by atoms with E-state index in [0.29, 0.717) is 10.6 Å². The third-order valence-corrected chi connectivity index (χ3v) is 3.59. The van der Waals surface area contributed by atoms with Gasteiger partial charge in [0.2, 0.25) is 0 Å². The normalized spacial score (nSPS) is 10.4. The first-order valence-corrected chi connectivity index (χ1v) is 7.24. The molecule has 0 radical (unpaired) electrons. The van der Waals surface area contributed by atoms with Crippen molar-refractivity contribution in [2.24, 2.45) is 0 Å². The molecule has 0 aliphatic heterocycles. The van der Waals surface area contributed by atoms with E-state index in [-0.39, 0.29) is 29.1 Å². The number of carbonyl (C=O) groups is 2. The van der Waals surface area contributed by atoms with E-state index < -0.39 is 11.6 Å². The molecule has 0 spiro atoms. The summed E-state index contributed by atoms with van der Waals surface area (Å²) in [6.45, 7) is 0. The summed E-state index contributed by atoms with van der Waals surface area (Å²) in [4.78, 5) is 24.0. The van der Waals surface area contributed by atoms with Gasteiger partial charge in [0, 0.05) is 22.8 Å². The summed E-state index contributed by atoms with van der Waals surface area (Å²) in [5.41, 5.74) is 0.716. The van der Waals surface area contributed by atoms with Gasteiger partial charge in [-0.3, -0.25) is 9.59 Å². The Labute approximate surface area is 132 Å². The lowest BCUT2D eigenvalue weighted by Crippen LogP contribution is -2.12. The second-order valence-corrected chi connectivity index (χ2v) is 5.24. The van der Waals surface area contributed by atoms with Crippen LogP contribution in [0.15, 0.2) is 42.5 Å². The van der Waals surface area contributed by atoms with Crippen molar-refractivity contribution >= 4 is 35.8 Å². The van der Waals surface area contributed by atoms with E-state index in [0.717, 1.165) is 0 Å². The van der Waals surface area contributed by atoms with Crippen LogP contribution in [0.1, 0.15) is 21.5 Å². The van der Waals surface area contributed by atoms with E-state index in [4.69, 9.17) is 11.6 Å². The van der Waals surface area contributed by atoms with Crippen molar-refractivity contribution in [2.75, 3.05) is 5.75 Å². The first-order chi connectivity index (χ1) is 10.0. The van der Waals surface area contributed by atoms with Crippen LogP contribution < -0.4 is 0 Å². The van der Waals surface area contributed by atoms with Crippen LogP contribution in [0.5, 0.6) is 0 Å². The topological polar surface area (TPSA) is 34.1 Å². The van der Waals surface area contributed by atoms with Gasteiger partial charge in [-0.1, -0.05) is 29.8 Å². The first kappa shape index (κ1) is 15.7. The maximum absolute atomic E-state index is 13.8. The molecular formula is C16H12ClFO2S. The summed E-state index contributed by atoms with van der Waals surface area (Å²) in [7, 11) is 0. The summed E-state index contributed by atoms with van der Waals surface area (Å²) in [5, 5.41) is 0.358. The summed E-state index contributed by atoms with van der Waals surface area (Å²) >= 11 is 9.83. The molecule has 0 N–H and O–H groups in total. The standard InChI is InChI=1S/C16H12ClFO2S/c17-11-6-5-10(7-12(19)9-21)14(8-11)16(20)13-3-1-2-4-15(13)18/h1-6,8,21H,7,9H2. The molecule has 2 rings (SSSR count). The number of halogens is 2. The number of Topliss-reactive ketones (excluding diaryl/α,β-unsaturated/α-hetero) is 1. The van der Waals surface area contributed by atoms with Gasteiger partial charge < -0.3 is 0 Å². The largest absolute Gasteiger partial charge is 0.298 e. The van der Waals surface area contributed by atoms with Gasteiger partial charge in [0.25, 0.3) is 0 Å². The quantitative estimate of drug-likeness (QED) is 0.672. The lowest BCUT2D eigenvalue weighted by Gasteiger charge is -2.09. The zero-order valence-corrected chi connectivity index (χ0v) is 12.6. The average Bonchev–Trinajstić information content (AvgIpc) is 2.48. The predicted molar refractivity (Wildman–Crippen MR) is 83.8 cm³/mol. The number of rotatable bonds is 5. The minimum Gasteiger partial charge on any atom is -0.298 e. The van der Waals surface area contributed by atoms with E-state index in [2.05, 4.69) is 12.6 Å². The molecule has 2 aromatic rings. The highest BCUT2D eigenvalue weighted by molar-refractivity contribution is 7.81. The fourth-order valence-corrected chi connectivity index (χ4v) is 2.26. The molecule has 0 aliphatic rings. The van der Waals surface area contributed by atoms with Gasteiger partial charge in [0.15, 0.2) is 5.78 Å². The van der Waals surface area contributed by atoms with Gasteiger partial charge >= 0.3 is 0 Å². The molecule has 2 aromatic carbocycles. The van der Waals surface area contributed by atoms with Crippen molar-refractivity contribution in [1.82, 2.24) is 0 Å². The van der Waals surface area contributed by atoms with Gasteiger partial charge in [-0.05, 0) is 29.8 Å². The molecule has 0 atom stereocenters. The number of hydrogen-bond acceptors (Lipinski definition) is 3. The highest BCUT2D eigenvalue weighted by atomic mass is 35.5. The van der Waals surface area contributed by atoms with Crippen molar-refractivity contribution in [3.05, 3.63) is 70.0 Å². The molecule has 0 saturated heterocycles. The molecule has 0 aromatic heterocycles. The van der Waals surface area contributed by atoms with Crippen molar-refractivity contribution in [2.45, 2.75) is 6.42 Å². The molecular weight excluding hydrogens is 311 g/mol. The number of benzene rings is 2. The highest BCUT2D eigenvalue weighted by Gasteiger charge is 2.18. The summed E-state index contributed by atoms with van der Waals surface area (Å²) < 4.78 is 13.8. The van der Waals surface area contributed by atoms with Crippen LogP contribution in [0, 0.1) is 5.82 Å². The van der Waals surface area contributed by atoms with Crippen molar-refractivity contribution < 1.29 is 14.0 Å². The zero-order chi connectivity index (χ0) is 15.4. The van der Waals surface area contributed by atoms with Crippen molar-refractivity contribution in [3.8, 4) is 0 Å². The molecule has 21 heavy (non-hydrogen) atoms. The van der Waals surface area contributed by atoms with Crippen LogP contribution in [-0.4, -0.2) is 17.3 Å². The Morgan fingerprint density at radius 2 is 1.81 bits per heavy atom. The Morgan fingerprint density at radius 1 is 1.10 bits per heavy atom. The Bertz CT molecular complexity index is 700. The highest BCUT2D eigenvalue weighted by Crippen LogP contribution is 2.21. The van der Waals surface area contributed by atoms with E-state index in [9.17, 15) is 14.0 Å². The Balaban J connectivity index is 2.47. The molecule has 2 nitrogen and oxygen atoms in total. The molecule has 0 aliphatic carbocycles. The minimum absolute atomic E-state index is 0.0423. The van der Waals surface area contributed by atoms with Crippen LogP contribution >= 0.6 is 24.2 Å². The van der Waals surface area contributed by atoms with Crippen molar-refractivity contribution in [1.29, 1.82) is 0 Å². The van der Waals surface area contributed by atoms with Crippen molar-refractivity contribution in [3.63, 3.8) is 0 Å². The van der Waals surface area contributed by atoms with Crippen LogP contribution in [0.25, 0.3) is 0 Å². The lowest BCUT2D eigenvalue weighted by atomic mass is 9.95. The van der Waals surface area contributed by atoms with Gasteiger partial charge in [-0.15, -0.1) is 0 Å². The van der Waals surface area contributed by atoms with E-state index in [1.165, 1.54) is 24.3 Å².